The molecule has 2 rings (SSSR count). The first kappa shape index (κ1) is 17.9. The lowest BCUT2D eigenvalue weighted by Gasteiger charge is -2.08. The highest BCUT2D eigenvalue weighted by molar-refractivity contribution is 7.99. The molecule has 0 saturated heterocycles. The Labute approximate surface area is 144 Å². The van der Waals surface area contributed by atoms with E-state index in [9.17, 15) is 18.0 Å². The summed E-state index contributed by atoms with van der Waals surface area (Å²) in [6, 6.07) is 6.77. The number of rotatable bonds is 4. The number of aromatic nitrogens is 1. The normalized spacial score (nSPS) is 11.3. The lowest BCUT2D eigenvalue weighted by molar-refractivity contribution is -0.137. The molecule has 0 fully saturated rings. The van der Waals surface area contributed by atoms with Gasteiger partial charge in [0.1, 0.15) is 0 Å². The van der Waals surface area contributed by atoms with E-state index in [2.05, 4.69) is 10.3 Å². The predicted octanol–water partition coefficient (Wildman–Crippen LogP) is 5.14. The second kappa shape index (κ2) is 7.42. The average molecular weight is 381 g/mol. The van der Waals surface area contributed by atoms with E-state index in [1.165, 1.54) is 12.1 Å². The van der Waals surface area contributed by atoms with Gasteiger partial charge in [-0.25, -0.2) is 4.98 Å². The first-order valence-corrected chi connectivity index (χ1v) is 7.91. The van der Waals surface area contributed by atoms with E-state index >= 15 is 0 Å². The molecular formula is C14H9Cl2F3N2OS. The fourth-order valence-corrected chi connectivity index (χ4v) is 2.53. The Kier molecular flexibility index (Phi) is 5.78. The summed E-state index contributed by atoms with van der Waals surface area (Å²) in [6.45, 7) is 0. The number of nitrogens with zero attached hydrogens (tertiary/aromatic N) is 1. The number of anilines is 1. The molecule has 2 aromatic rings. The molecule has 1 N–H and O–H groups in total. The van der Waals surface area contributed by atoms with Crippen LogP contribution in [0.1, 0.15) is 5.56 Å². The number of carbonyl (C=O) groups is 1. The number of amides is 1. The van der Waals surface area contributed by atoms with Gasteiger partial charge in [-0.15, -0.1) is 0 Å². The number of alkyl halides is 3. The van der Waals surface area contributed by atoms with Crippen LogP contribution in [0, 0.1) is 0 Å². The fourth-order valence-electron chi connectivity index (χ4n) is 1.55. The minimum atomic E-state index is -4.43. The summed E-state index contributed by atoms with van der Waals surface area (Å²) in [5, 5.41) is 3.64. The number of pyridine rings is 1. The van der Waals surface area contributed by atoms with Crippen LogP contribution in [-0.4, -0.2) is 16.6 Å². The molecule has 0 atom stereocenters. The minimum absolute atomic E-state index is 0.0266. The Bertz CT molecular complexity index is 708. The molecule has 122 valence electrons. The van der Waals surface area contributed by atoms with E-state index in [0.29, 0.717) is 20.8 Å². The quantitative estimate of drug-likeness (QED) is 0.746. The van der Waals surface area contributed by atoms with Gasteiger partial charge in [0.2, 0.25) is 5.91 Å². The largest absolute Gasteiger partial charge is 0.417 e. The van der Waals surface area contributed by atoms with Crippen molar-refractivity contribution in [1.29, 1.82) is 0 Å². The van der Waals surface area contributed by atoms with Crippen molar-refractivity contribution in [3.8, 4) is 0 Å². The van der Waals surface area contributed by atoms with Gasteiger partial charge in [-0.3, -0.25) is 4.79 Å². The smallest absolute Gasteiger partial charge is 0.324 e. The minimum Gasteiger partial charge on any atom is -0.324 e. The van der Waals surface area contributed by atoms with Crippen LogP contribution in [0.25, 0.3) is 0 Å². The molecule has 1 amide bonds. The lowest BCUT2D eigenvalue weighted by Crippen LogP contribution is -2.14. The monoisotopic (exact) mass is 380 g/mol. The number of halogens is 5. The van der Waals surface area contributed by atoms with E-state index in [1.54, 1.807) is 12.1 Å². The highest BCUT2D eigenvalue weighted by atomic mass is 35.5. The Morgan fingerprint density at radius 3 is 2.57 bits per heavy atom. The maximum Gasteiger partial charge on any atom is 0.417 e. The second-order valence-electron chi connectivity index (χ2n) is 4.34. The second-order valence-corrected chi connectivity index (χ2v) is 6.18. The molecule has 1 heterocycles. The number of hydrogen-bond acceptors (Lipinski definition) is 3. The van der Waals surface area contributed by atoms with Crippen molar-refractivity contribution in [1.82, 2.24) is 4.98 Å². The zero-order chi connectivity index (χ0) is 17.0. The SMILES string of the molecule is O=C(CSc1ccc(C(F)(F)F)cn1)Nc1cc(Cl)ccc1Cl. The third kappa shape index (κ3) is 5.30. The molecule has 3 nitrogen and oxygen atoms in total. The molecule has 1 aromatic carbocycles. The summed E-state index contributed by atoms with van der Waals surface area (Å²) in [7, 11) is 0. The highest BCUT2D eigenvalue weighted by Crippen LogP contribution is 2.30. The summed E-state index contributed by atoms with van der Waals surface area (Å²) < 4.78 is 37.2. The lowest BCUT2D eigenvalue weighted by atomic mass is 10.3. The Hall–Kier alpha value is -1.44. The molecule has 23 heavy (non-hydrogen) atoms. The fraction of sp³-hybridized carbons (Fsp3) is 0.143. The molecule has 0 saturated carbocycles. The molecule has 0 aliphatic carbocycles. The number of thioether (sulfide) groups is 1. The predicted molar refractivity (Wildman–Crippen MR) is 85.1 cm³/mol. The number of benzene rings is 1. The topological polar surface area (TPSA) is 42.0 Å². The van der Waals surface area contributed by atoms with Crippen molar-refractivity contribution in [2.45, 2.75) is 11.2 Å². The van der Waals surface area contributed by atoms with Crippen molar-refractivity contribution >= 4 is 46.6 Å². The third-order valence-corrected chi connectivity index (χ3v) is 4.13. The van der Waals surface area contributed by atoms with Crippen LogP contribution < -0.4 is 5.32 Å². The Balaban J connectivity index is 1.93. The standard InChI is InChI=1S/C14H9Cl2F3N2OS/c15-9-2-3-10(16)11(5-9)21-12(22)7-23-13-4-1-8(6-20-13)14(17,18)19/h1-6H,7H2,(H,21,22). The van der Waals surface area contributed by atoms with Crippen LogP contribution in [0.5, 0.6) is 0 Å². The van der Waals surface area contributed by atoms with Crippen LogP contribution >= 0.6 is 35.0 Å². The summed E-state index contributed by atoms with van der Waals surface area (Å²) >= 11 is 12.7. The van der Waals surface area contributed by atoms with Gasteiger partial charge in [-0.2, -0.15) is 13.2 Å². The van der Waals surface area contributed by atoms with E-state index < -0.39 is 11.7 Å². The first-order chi connectivity index (χ1) is 10.8. The van der Waals surface area contributed by atoms with Gasteiger partial charge in [0.25, 0.3) is 0 Å². The van der Waals surface area contributed by atoms with E-state index in [0.717, 1.165) is 24.0 Å². The van der Waals surface area contributed by atoms with Crippen LogP contribution in [0.2, 0.25) is 10.0 Å². The summed E-state index contributed by atoms with van der Waals surface area (Å²) in [5.74, 6) is -0.401. The average Bonchev–Trinajstić information content (AvgIpc) is 2.48. The molecule has 0 radical (unpaired) electrons. The van der Waals surface area contributed by atoms with Gasteiger partial charge in [-0.1, -0.05) is 35.0 Å². The van der Waals surface area contributed by atoms with Crippen LogP contribution in [-0.2, 0) is 11.0 Å². The van der Waals surface area contributed by atoms with Gasteiger partial charge >= 0.3 is 6.18 Å². The molecule has 0 aliphatic rings. The van der Waals surface area contributed by atoms with Gasteiger partial charge < -0.3 is 5.32 Å². The number of carbonyl (C=O) groups excluding carboxylic acids is 1. The van der Waals surface area contributed by atoms with Crippen molar-refractivity contribution < 1.29 is 18.0 Å². The number of nitrogens with one attached hydrogen (secondary N) is 1. The van der Waals surface area contributed by atoms with Crippen molar-refractivity contribution in [3.63, 3.8) is 0 Å². The van der Waals surface area contributed by atoms with Crippen LogP contribution in [0.4, 0.5) is 18.9 Å². The molecule has 9 heteroatoms. The third-order valence-electron chi connectivity index (χ3n) is 2.62. The first-order valence-electron chi connectivity index (χ1n) is 6.16. The molecule has 0 bridgehead atoms. The van der Waals surface area contributed by atoms with E-state index in [-0.39, 0.29) is 11.7 Å². The van der Waals surface area contributed by atoms with Gasteiger partial charge in [-0.05, 0) is 30.3 Å². The summed E-state index contributed by atoms with van der Waals surface area (Å²) in [5.41, 5.74) is -0.470. The molecule has 0 spiro atoms. The molecule has 1 aromatic heterocycles. The van der Waals surface area contributed by atoms with Crippen molar-refractivity contribution in [2.75, 3.05) is 11.1 Å². The Morgan fingerprint density at radius 2 is 1.96 bits per heavy atom. The molecular weight excluding hydrogens is 372 g/mol. The van der Waals surface area contributed by atoms with Crippen molar-refractivity contribution in [3.05, 3.63) is 52.1 Å². The zero-order valence-corrected chi connectivity index (χ0v) is 13.7. The molecule has 0 unspecified atom stereocenters. The van der Waals surface area contributed by atoms with E-state index in [4.69, 9.17) is 23.2 Å². The zero-order valence-electron chi connectivity index (χ0n) is 11.3. The maximum atomic E-state index is 12.4. The van der Waals surface area contributed by atoms with Gasteiger partial charge in [0.15, 0.2) is 0 Å². The summed E-state index contributed by atoms with van der Waals surface area (Å²) in [4.78, 5) is 15.5. The van der Waals surface area contributed by atoms with Crippen LogP contribution in [0.15, 0.2) is 41.6 Å². The van der Waals surface area contributed by atoms with Crippen molar-refractivity contribution in [2.24, 2.45) is 0 Å². The van der Waals surface area contributed by atoms with Gasteiger partial charge in [0, 0.05) is 11.2 Å². The number of hydrogen-bond donors (Lipinski definition) is 1. The molecule has 0 aliphatic heterocycles. The van der Waals surface area contributed by atoms with E-state index in [1.807, 2.05) is 0 Å². The highest BCUT2D eigenvalue weighted by Gasteiger charge is 2.30. The maximum absolute atomic E-state index is 12.4. The summed E-state index contributed by atoms with van der Waals surface area (Å²) in [6.07, 6.45) is -3.70. The van der Waals surface area contributed by atoms with Crippen LogP contribution in [0.3, 0.4) is 0 Å². The van der Waals surface area contributed by atoms with Gasteiger partial charge in [0.05, 0.1) is 27.1 Å². The Morgan fingerprint density at radius 1 is 1.22 bits per heavy atom.